The highest BCUT2D eigenvalue weighted by Crippen LogP contribution is 2.25. The smallest absolute Gasteiger partial charge is 0.291 e. The zero-order chi connectivity index (χ0) is 21.1. The molecular weight excluding hydrogens is 378 g/mol. The molecule has 3 aromatic heterocycles. The molecule has 0 saturated heterocycles. The number of benzene rings is 1. The summed E-state index contributed by atoms with van der Waals surface area (Å²) < 4.78 is 5.50. The maximum Gasteiger partial charge on any atom is 0.291 e. The van der Waals surface area contributed by atoms with Crippen molar-refractivity contribution >= 4 is 23.2 Å². The Morgan fingerprint density at radius 3 is 2.60 bits per heavy atom. The lowest BCUT2D eigenvalue weighted by atomic mass is 10.1. The highest BCUT2D eigenvalue weighted by Gasteiger charge is 2.13. The van der Waals surface area contributed by atoms with Crippen molar-refractivity contribution in [3.05, 3.63) is 83.7 Å². The predicted molar refractivity (Wildman–Crippen MR) is 116 cm³/mol. The fraction of sp³-hybridized carbons (Fsp3) is 0.130. The Bertz CT molecular complexity index is 1180. The van der Waals surface area contributed by atoms with Gasteiger partial charge in [0.25, 0.3) is 5.91 Å². The van der Waals surface area contributed by atoms with Gasteiger partial charge in [0.15, 0.2) is 5.76 Å². The number of aromatic nitrogens is 3. The van der Waals surface area contributed by atoms with Gasteiger partial charge >= 0.3 is 0 Å². The monoisotopic (exact) mass is 399 g/mol. The second-order valence-corrected chi connectivity index (χ2v) is 6.97. The Morgan fingerprint density at radius 1 is 1.00 bits per heavy atom. The molecule has 4 rings (SSSR count). The molecule has 7 heteroatoms. The largest absolute Gasteiger partial charge is 0.456 e. The average molecular weight is 399 g/mol. The summed E-state index contributed by atoms with van der Waals surface area (Å²) in [5.74, 6) is 1.18. The highest BCUT2D eigenvalue weighted by atomic mass is 16.3. The van der Waals surface area contributed by atoms with Crippen molar-refractivity contribution < 1.29 is 9.21 Å². The van der Waals surface area contributed by atoms with Crippen molar-refractivity contribution in [2.45, 2.75) is 20.8 Å². The van der Waals surface area contributed by atoms with Crippen LogP contribution in [0.25, 0.3) is 11.3 Å². The summed E-state index contributed by atoms with van der Waals surface area (Å²) in [5.41, 5.74) is 5.05. The summed E-state index contributed by atoms with van der Waals surface area (Å²) in [7, 11) is 0. The van der Waals surface area contributed by atoms with Crippen LogP contribution < -0.4 is 10.6 Å². The number of nitrogens with zero attached hydrogens (tertiary/aromatic N) is 3. The average Bonchev–Trinajstić information content (AvgIpc) is 3.10. The highest BCUT2D eigenvalue weighted by molar-refractivity contribution is 6.02. The van der Waals surface area contributed by atoms with Crippen LogP contribution in [0.3, 0.4) is 0 Å². The van der Waals surface area contributed by atoms with Crippen LogP contribution in [0.1, 0.15) is 27.4 Å². The molecule has 0 unspecified atom stereocenters. The van der Waals surface area contributed by atoms with Crippen LogP contribution >= 0.6 is 0 Å². The van der Waals surface area contributed by atoms with Crippen molar-refractivity contribution in [1.82, 2.24) is 15.0 Å². The number of hydrogen-bond acceptors (Lipinski definition) is 6. The second kappa shape index (κ2) is 8.16. The van der Waals surface area contributed by atoms with E-state index < -0.39 is 0 Å². The lowest BCUT2D eigenvalue weighted by Crippen LogP contribution is -2.11. The molecule has 3 heterocycles. The van der Waals surface area contributed by atoms with E-state index in [1.807, 2.05) is 57.2 Å². The first kappa shape index (κ1) is 19.3. The van der Waals surface area contributed by atoms with Gasteiger partial charge in [-0.2, -0.15) is 0 Å². The molecule has 0 atom stereocenters. The van der Waals surface area contributed by atoms with E-state index in [0.717, 1.165) is 33.8 Å². The number of rotatable bonds is 5. The fourth-order valence-electron chi connectivity index (χ4n) is 2.93. The molecule has 0 saturated carbocycles. The molecule has 0 aliphatic heterocycles. The summed E-state index contributed by atoms with van der Waals surface area (Å²) in [6.45, 7) is 5.71. The van der Waals surface area contributed by atoms with Gasteiger partial charge < -0.3 is 15.1 Å². The van der Waals surface area contributed by atoms with Crippen molar-refractivity contribution in [3.63, 3.8) is 0 Å². The Hall–Kier alpha value is -4.00. The van der Waals surface area contributed by atoms with Crippen LogP contribution in [0.2, 0.25) is 0 Å². The molecule has 1 aromatic carbocycles. The molecule has 4 aromatic rings. The van der Waals surface area contributed by atoms with E-state index in [1.54, 1.807) is 24.7 Å². The van der Waals surface area contributed by atoms with E-state index in [1.165, 1.54) is 0 Å². The zero-order valence-electron chi connectivity index (χ0n) is 16.9. The topological polar surface area (TPSA) is 92.9 Å². The van der Waals surface area contributed by atoms with Crippen molar-refractivity contribution in [2.75, 3.05) is 10.6 Å². The third kappa shape index (κ3) is 4.20. The van der Waals surface area contributed by atoms with E-state index in [4.69, 9.17) is 4.42 Å². The minimum atomic E-state index is -0.296. The molecule has 0 aliphatic rings. The molecule has 2 N–H and O–H groups in total. The number of anilines is 3. The number of carbonyl (C=O) groups excluding carboxylic acids is 1. The lowest BCUT2D eigenvalue weighted by Gasteiger charge is -2.11. The lowest BCUT2D eigenvalue weighted by molar-refractivity contribution is 0.0995. The first-order valence-electron chi connectivity index (χ1n) is 9.49. The summed E-state index contributed by atoms with van der Waals surface area (Å²) in [5, 5.41) is 6.10. The number of nitrogens with one attached hydrogen (secondary N) is 2. The number of amides is 1. The van der Waals surface area contributed by atoms with Gasteiger partial charge in [0.05, 0.1) is 5.69 Å². The molecule has 0 radical (unpaired) electrons. The fourth-order valence-corrected chi connectivity index (χ4v) is 2.93. The first-order valence-corrected chi connectivity index (χ1v) is 9.49. The van der Waals surface area contributed by atoms with Crippen molar-refractivity contribution in [1.29, 1.82) is 0 Å². The van der Waals surface area contributed by atoms with Crippen LogP contribution in [0, 0.1) is 20.8 Å². The quantitative estimate of drug-likeness (QED) is 0.488. The minimum absolute atomic E-state index is 0.285. The molecular formula is C23H21N5O2. The SMILES string of the molecule is Cc1ccc(NC(=O)c2cc(C)c(C)o2)cc1Nc1nccc(-c2cccnc2)n1. The van der Waals surface area contributed by atoms with E-state index in [9.17, 15) is 4.79 Å². The van der Waals surface area contributed by atoms with Gasteiger partial charge in [-0.15, -0.1) is 0 Å². The van der Waals surface area contributed by atoms with Gasteiger partial charge in [-0.1, -0.05) is 6.07 Å². The van der Waals surface area contributed by atoms with Gasteiger partial charge in [-0.05, 0) is 68.3 Å². The summed E-state index contributed by atoms with van der Waals surface area (Å²) >= 11 is 0. The van der Waals surface area contributed by atoms with Gasteiger partial charge in [0.2, 0.25) is 5.95 Å². The Labute approximate surface area is 174 Å². The molecule has 0 bridgehead atoms. The van der Waals surface area contributed by atoms with Gasteiger partial charge in [-0.3, -0.25) is 9.78 Å². The number of carbonyl (C=O) groups is 1. The van der Waals surface area contributed by atoms with Crippen LogP contribution in [-0.4, -0.2) is 20.9 Å². The molecule has 1 amide bonds. The van der Waals surface area contributed by atoms with E-state index in [0.29, 0.717) is 11.6 Å². The Kier molecular flexibility index (Phi) is 5.26. The summed E-state index contributed by atoms with van der Waals surface area (Å²) in [6, 6.07) is 13.0. The number of furan rings is 1. The van der Waals surface area contributed by atoms with Gasteiger partial charge in [-0.25, -0.2) is 9.97 Å². The van der Waals surface area contributed by atoms with Gasteiger partial charge in [0.1, 0.15) is 5.76 Å². The zero-order valence-corrected chi connectivity index (χ0v) is 16.9. The molecule has 30 heavy (non-hydrogen) atoms. The molecule has 7 nitrogen and oxygen atoms in total. The third-order valence-electron chi connectivity index (χ3n) is 4.74. The van der Waals surface area contributed by atoms with Crippen LogP contribution in [0.15, 0.2) is 65.5 Å². The molecule has 0 aliphatic carbocycles. The number of hydrogen-bond donors (Lipinski definition) is 2. The molecule has 150 valence electrons. The van der Waals surface area contributed by atoms with E-state index in [2.05, 4.69) is 25.6 Å². The maximum atomic E-state index is 12.5. The summed E-state index contributed by atoms with van der Waals surface area (Å²) in [6.07, 6.45) is 5.17. The van der Waals surface area contributed by atoms with Crippen LogP contribution in [0.5, 0.6) is 0 Å². The van der Waals surface area contributed by atoms with Crippen molar-refractivity contribution in [3.8, 4) is 11.3 Å². The van der Waals surface area contributed by atoms with E-state index >= 15 is 0 Å². The van der Waals surface area contributed by atoms with E-state index in [-0.39, 0.29) is 11.7 Å². The number of pyridine rings is 1. The predicted octanol–water partition coefficient (Wildman–Crippen LogP) is 5.05. The molecule has 0 fully saturated rings. The summed E-state index contributed by atoms with van der Waals surface area (Å²) in [4.78, 5) is 25.5. The minimum Gasteiger partial charge on any atom is -0.456 e. The first-order chi connectivity index (χ1) is 14.5. The van der Waals surface area contributed by atoms with Crippen LogP contribution in [0.4, 0.5) is 17.3 Å². The van der Waals surface area contributed by atoms with Crippen LogP contribution in [-0.2, 0) is 0 Å². The standard InChI is InChI=1S/C23H21N5O2/c1-14-6-7-18(26-22(29)21-11-15(2)16(3)30-21)12-20(14)28-23-25-10-8-19(27-23)17-5-4-9-24-13-17/h4-13H,1-3H3,(H,26,29)(H,25,27,28). The number of aryl methyl sites for hydroxylation is 3. The third-order valence-corrected chi connectivity index (χ3v) is 4.74. The Balaban J connectivity index is 1.55. The maximum absolute atomic E-state index is 12.5. The normalized spacial score (nSPS) is 10.6. The van der Waals surface area contributed by atoms with Gasteiger partial charge in [0, 0.05) is 35.5 Å². The molecule has 0 spiro atoms. The van der Waals surface area contributed by atoms with Crippen molar-refractivity contribution in [2.24, 2.45) is 0 Å². The Morgan fingerprint density at radius 2 is 1.87 bits per heavy atom. The second-order valence-electron chi connectivity index (χ2n) is 6.97.